The molecule has 0 amide bonds. The molecule has 0 radical (unpaired) electrons. The van der Waals surface area contributed by atoms with E-state index in [4.69, 9.17) is 4.74 Å². The standard InChI is InChI=1S/C15H16O2S/c16-14(9-11-5-7-17-8-6-11)13-10-18-15-4-2-1-3-12(13)15/h1-4,10-11H,5-9H2. The Morgan fingerprint density at radius 2 is 2.06 bits per heavy atom. The van der Waals surface area contributed by atoms with Crippen LogP contribution in [0.25, 0.3) is 10.1 Å². The van der Waals surface area contributed by atoms with Crippen LogP contribution in [0.2, 0.25) is 0 Å². The molecule has 3 heteroatoms. The first kappa shape index (κ1) is 11.9. The van der Waals surface area contributed by atoms with Crippen LogP contribution >= 0.6 is 11.3 Å². The molecule has 1 aromatic carbocycles. The molecule has 94 valence electrons. The zero-order valence-corrected chi connectivity index (χ0v) is 11.0. The van der Waals surface area contributed by atoms with E-state index in [0.29, 0.717) is 18.1 Å². The number of carbonyl (C=O) groups is 1. The van der Waals surface area contributed by atoms with Crippen LogP contribution in [-0.4, -0.2) is 19.0 Å². The maximum Gasteiger partial charge on any atom is 0.164 e. The summed E-state index contributed by atoms with van der Waals surface area (Å²) in [5.74, 6) is 0.796. The highest BCUT2D eigenvalue weighted by Crippen LogP contribution is 2.29. The number of ether oxygens (including phenoxy) is 1. The second-order valence-corrected chi connectivity index (χ2v) is 5.74. The van der Waals surface area contributed by atoms with Gasteiger partial charge in [-0.05, 0) is 24.8 Å². The highest BCUT2D eigenvalue weighted by Gasteiger charge is 2.20. The number of Topliss-reactive ketones (excluding diaryl/α,β-unsaturated/α-hetero) is 1. The summed E-state index contributed by atoms with van der Waals surface area (Å²) in [5, 5.41) is 3.12. The van der Waals surface area contributed by atoms with E-state index in [1.165, 1.54) is 4.70 Å². The predicted molar refractivity (Wildman–Crippen MR) is 74.3 cm³/mol. The molecule has 3 rings (SSSR count). The number of hydrogen-bond acceptors (Lipinski definition) is 3. The molecular weight excluding hydrogens is 244 g/mol. The molecule has 2 aromatic rings. The van der Waals surface area contributed by atoms with Crippen molar-refractivity contribution in [1.82, 2.24) is 0 Å². The van der Waals surface area contributed by atoms with E-state index in [0.717, 1.165) is 37.0 Å². The van der Waals surface area contributed by atoms with Crippen molar-refractivity contribution in [3.05, 3.63) is 35.2 Å². The quantitative estimate of drug-likeness (QED) is 0.782. The highest BCUT2D eigenvalue weighted by molar-refractivity contribution is 7.17. The molecule has 0 unspecified atom stereocenters. The van der Waals surface area contributed by atoms with Crippen LogP contribution in [-0.2, 0) is 4.74 Å². The lowest BCUT2D eigenvalue weighted by molar-refractivity contribution is 0.0601. The van der Waals surface area contributed by atoms with Crippen LogP contribution in [0.1, 0.15) is 29.6 Å². The number of benzene rings is 1. The lowest BCUT2D eigenvalue weighted by atomic mass is 9.92. The lowest BCUT2D eigenvalue weighted by Crippen LogP contribution is -2.18. The minimum atomic E-state index is 0.291. The summed E-state index contributed by atoms with van der Waals surface area (Å²) < 4.78 is 6.53. The molecule has 18 heavy (non-hydrogen) atoms. The number of thiophene rings is 1. The van der Waals surface area contributed by atoms with Gasteiger partial charge in [-0.3, -0.25) is 4.79 Å². The molecule has 1 saturated heterocycles. The second kappa shape index (κ2) is 5.21. The SMILES string of the molecule is O=C(CC1CCOCC1)c1csc2ccccc12. The van der Waals surface area contributed by atoms with Crippen LogP contribution < -0.4 is 0 Å². The minimum absolute atomic E-state index is 0.291. The van der Waals surface area contributed by atoms with E-state index in [-0.39, 0.29) is 0 Å². The van der Waals surface area contributed by atoms with E-state index in [1.807, 2.05) is 23.6 Å². The summed E-state index contributed by atoms with van der Waals surface area (Å²) in [6.45, 7) is 1.62. The van der Waals surface area contributed by atoms with Gasteiger partial charge in [-0.25, -0.2) is 0 Å². The zero-order chi connectivity index (χ0) is 12.4. The Morgan fingerprint density at radius 1 is 1.28 bits per heavy atom. The molecule has 1 aliphatic heterocycles. The smallest absolute Gasteiger partial charge is 0.164 e. The molecule has 1 fully saturated rings. The molecule has 1 aromatic heterocycles. The van der Waals surface area contributed by atoms with Crippen molar-refractivity contribution in [2.24, 2.45) is 5.92 Å². The fraction of sp³-hybridized carbons (Fsp3) is 0.400. The average molecular weight is 260 g/mol. The highest BCUT2D eigenvalue weighted by atomic mass is 32.1. The first-order valence-electron chi connectivity index (χ1n) is 6.42. The third-order valence-corrected chi connectivity index (χ3v) is 4.56. The predicted octanol–water partition coefficient (Wildman–Crippen LogP) is 3.90. The number of rotatable bonds is 3. The number of carbonyl (C=O) groups excluding carboxylic acids is 1. The molecule has 0 atom stereocenters. The van der Waals surface area contributed by atoms with Crippen LogP contribution in [0.3, 0.4) is 0 Å². The molecule has 2 nitrogen and oxygen atoms in total. The Bertz CT molecular complexity index is 552. The number of ketones is 1. The Morgan fingerprint density at radius 3 is 2.89 bits per heavy atom. The fourth-order valence-electron chi connectivity index (χ4n) is 2.52. The van der Waals surface area contributed by atoms with Gasteiger partial charge in [-0.1, -0.05) is 18.2 Å². The summed E-state index contributed by atoms with van der Waals surface area (Å²) in [4.78, 5) is 12.4. The monoisotopic (exact) mass is 260 g/mol. The van der Waals surface area contributed by atoms with Gasteiger partial charge in [-0.2, -0.15) is 0 Å². The number of fused-ring (bicyclic) bond motifs is 1. The van der Waals surface area contributed by atoms with Crippen molar-refractivity contribution in [2.75, 3.05) is 13.2 Å². The van der Waals surface area contributed by atoms with Crippen molar-refractivity contribution in [3.63, 3.8) is 0 Å². The lowest BCUT2D eigenvalue weighted by Gasteiger charge is -2.21. The molecule has 0 N–H and O–H groups in total. The Labute approximate surface area is 111 Å². The molecule has 1 aliphatic rings. The topological polar surface area (TPSA) is 26.3 Å². The van der Waals surface area contributed by atoms with Gasteiger partial charge in [0.2, 0.25) is 0 Å². The number of hydrogen-bond donors (Lipinski definition) is 0. The fourth-order valence-corrected chi connectivity index (χ4v) is 3.48. The zero-order valence-electron chi connectivity index (χ0n) is 10.2. The Hall–Kier alpha value is -1.19. The van der Waals surface area contributed by atoms with E-state index in [1.54, 1.807) is 11.3 Å². The van der Waals surface area contributed by atoms with Crippen molar-refractivity contribution >= 4 is 27.2 Å². The van der Waals surface area contributed by atoms with Crippen LogP contribution in [0, 0.1) is 5.92 Å². The van der Waals surface area contributed by atoms with Gasteiger partial charge in [-0.15, -0.1) is 11.3 Å². The van der Waals surface area contributed by atoms with Gasteiger partial charge < -0.3 is 4.74 Å². The van der Waals surface area contributed by atoms with Gasteiger partial charge in [0.25, 0.3) is 0 Å². The summed E-state index contributed by atoms with van der Waals surface area (Å²) in [5.41, 5.74) is 0.905. The average Bonchev–Trinajstić information content (AvgIpc) is 2.84. The maximum atomic E-state index is 12.4. The largest absolute Gasteiger partial charge is 0.381 e. The maximum absolute atomic E-state index is 12.4. The van der Waals surface area contributed by atoms with Crippen molar-refractivity contribution in [2.45, 2.75) is 19.3 Å². The Kier molecular flexibility index (Phi) is 3.43. The summed E-state index contributed by atoms with van der Waals surface area (Å²) in [7, 11) is 0. The van der Waals surface area contributed by atoms with Crippen molar-refractivity contribution < 1.29 is 9.53 Å². The van der Waals surface area contributed by atoms with E-state index >= 15 is 0 Å². The molecule has 0 spiro atoms. The third-order valence-electron chi connectivity index (χ3n) is 3.60. The summed E-state index contributed by atoms with van der Waals surface area (Å²) >= 11 is 1.66. The van der Waals surface area contributed by atoms with Crippen molar-refractivity contribution in [3.8, 4) is 0 Å². The van der Waals surface area contributed by atoms with Gasteiger partial charge in [0.05, 0.1) is 0 Å². The van der Waals surface area contributed by atoms with Crippen LogP contribution in [0.4, 0.5) is 0 Å². The molecule has 0 bridgehead atoms. The van der Waals surface area contributed by atoms with Gasteiger partial charge in [0.1, 0.15) is 0 Å². The molecule has 0 aliphatic carbocycles. The summed E-state index contributed by atoms with van der Waals surface area (Å²) in [6, 6.07) is 8.14. The first-order valence-corrected chi connectivity index (χ1v) is 7.30. The van der Waals surface area contributed by atoms with Gasteiger partial charge >= 0.3 is 0 Å². The molecular formula is C15H16O2S. The van der Waals surface area contributed by atoms with Gasteiger partial charge in [0, 0.05) is 40.7 Å². The molecule has 0 saturated carbocycles. The Balaban J connectivity index is 1.79. The van der Waals surface area contributed by atoms with Crippen LogP contribution in [0.15, 0.2) is 29.6 Å². The normalized spacial score (nSPS) is 17.1. The van der Waals surface area contributed by atoms with E-state index in [2.05, 4.69) is 6.07 Å². The minimum Gasteiger partial charge on any atom is -0.381 e. The van der Waals surface area contributed by atoms with Crippen LogP contribution in [0.5, 0.6) is 0 Å². The van der Waals surface area contributed by atoms with E-state index < -0.39 is 0 Å². The van der Waals surface area contributed by atoms with Gasteiger partial charge in [0.15, 0.2) is 5.78 Å². The molecule has 2 heterocycles. The van der Waals surface area contributed by atoms with Crippen molar-refractivity contribution in [1.29, 1.82) is 0 Å². The summed E-state index contributed by atoms with van der Waals surface area (Å²) in [6.07, 6.45) is 2.71. The second-order valence-electron chi connectivity index (χ2n) is 4.83. The van der Waals surface area contributed by atoms with E-state index in [9.17, 15) is 4.79 Å². The third kappa shape index (κ3) is 2.33. The first-order chi connectivity index (χ1) is 8.84.